The highest BCUT2D eigenvalue weighted by Crippen LogP contribution is 2.22. The predicted molar refractivity (Wildman–Crippen MR) is 120 cm³/mol. The van der Waals surface area contributed by atoms with Crippen LogP contribution in [0.5, 0.6) is 11.5 Å². The summed E-state index contributed by atoms with van der Waals surface area (Å²) < 4.78 is 11.2. The van der Waals surface area contributed by atoms with E-state index in [4.69, 9.17) is 9.47 Å². The standard InChI is InChI=1S/C25H31N3O3/c1-19(2)24(31-23-7-5-4-6-21(23)18-26)25(29)28-16-14-27(15-17-28)13-12-20-8-10-22(30-3)11-9-20/h4-11,19,24H,12-17H2,1-3H3. The van der Waals surface area contributed by atoms with Gasteiger partial charge in [0.05, 0.1) is 12.7 Å². The van der Waals surface area contributed by atoms with E-state index in [2.05, 4.69) is 23.1 Å². The SMILES string of the molecule is COc1ccc(CCN2CCN(C(=O)C(Oc3ccccc3C#N)C(C)C)CC2)cc1. The number of benzene rings is 2. The molecule has 2 aromatic rings. The van der Waals surface area contributed by atoms with Crippen molar-refractivity contribution < 1.29 is 14.3 Å². The second-order valence-corrected chi connectivity index (χ2v) is 8.16. The molecular weight excluding hydrogens is 390 g/mol. The van der Waals surface area contributed by atoms with Gasteiger partial charge in [0.2, 0.25) is 0 Å². The number of ether oxygens (including phenoxy) is 2. The van der Waals surface area contributed by atoms with Crippen LogP contribution < -0.4 is 9.47 Å². The van der Waals surface area contributed by atoms with Gasteiger partial charge in [0.25, 0.3) is 5.91 Å². The van der Waals surface area contributed by atoms with Crippen molar-refractivity contribution in [1.29, 1.82) is 5.26 Å². The number of hydrogen-bond donors (Lipinski definition) is 0. The Kier molecular flexibility index (Phi) is 7.91. The molecule has 1 amide bonds. The van der Waals surface area contributed by atoms with Gasteiger partial charge in [-0.15, -0.1) is 0 Å². The lowest BCUT2D eigenvalue weighted by atomic mass is 10.0. The average Bonchev–Trinajstić information content (AvgIpc) is 2.81. The Hall–Kier alpha value is -3.04. The van der Waals surface area contributed by atoms with Gasteiger partial charge in [-0.05, 0) is 42.2 Å². The second-order valence-electron chi connectivity index (χ2n) is 8.16. The summed E-state index contributed by atoms with van der Waals surface area (Å²) in [6.45, 7) is 7.99. The van der Waals surface area contributed by atoms with E-state index in [9.17, 15) is 10.1 Å². The van der Waals surface area contributed by atoms with Gasteiger partial charge in [-0.3, -0.25) is 9.69 Å². The van der Waals surface area contributed by atoms with Crippen LogP contribution >= 0.6 is 0 Å². The number of nitriles is 1. The molecule has 0 bridgehead atoms. The third kappa shape index (κ3) is 5.99. The number of carbonyl (C=O) groups is 1. The highest BCUT2D eigenvalue weighted by Gasteiger charge is 2.31. The quantitative estimate of drug-likeness (QED) is 0.654. The Morgan fingerprint density at radius 1 is 1.06 bits per heavy atom. The molecule has 1 aliphatic rings. The van der Waals surface area contributed by atoms with Gasteiger partial charge in [0.15, 0.2) is 6.10 Å². The van der Waals surface area contributed by atoms with Gasteiger partial charge in [-0.25, -0.2) is 0 Å². The van der Waals surface area contributed by atoms with Crippen molar-refractivity contribution in [3.63, 3.8) is 0 Å². The monoisotopic (exact) mass is 421 g/mol. The highest BCUT2D eigenvalue weighted by molar-refractivity contribution is 5.81. The fourth-order valence-electron chi connectivity index (χ4n) is 3.72. The minimum absolute atomic E-state index is 0.00227. The number of carbonyl (C=O) groups excluding carboxylic acids is 1. The molecule has 6 heteroatoms. The molecule has 2 aromatic carbocycles. The molecule has 31 heavy (non-hydrogen) atoms. The first kappa shape index (κ1) is 22.6. The Balaban J connectivity index is 1.53. The van der Waals surface area contributed by atoms with E-state index in [1.807, 2.05) is 36.9 Å². The first-order valence-electron chi connectivity index (χ1n) is 10.8. The van der Waals surface area contributed by atoms with Crippen LogP contribution in [-0.4, -0.2) is 61.6 Å². The topological polar surface area (TPSA) is 65.8 Å². The summed E-state index contributed by atoms with van der Waals surface area (Å²) in [5, 5.41) is 9.31. The van der Waals surface area contributed by atoms with Crippen LogP contribution in [0, 0.1) is 17.2 Å². The van der Waals surface area contributed by atoms with Crippen LogP contribution in [0.1, 0.15) is 25.0 Å². The second kappa shape index (κ2) is 10.8. The van der Waals surface area contributed by atoms with Gasteiger partial charge in [-0.1, -0.05) is 38.1 Å². The molecule has 1 atom stereocenters. The lowest BCUT2D eigenvalue weighted by molar-refractivity contribution is -0.142. The lowest BCUT2D eigenvalue weighted by Crippen LogP contribution is -2.53. The molecule has 164 valence electrons. The Labute approximate surface area is 185 Å². The zero-order chi connectivity index (χ0) is 22.2. The average molecular weight is 422 g/mol. The van der Waals surface area contributed by atoms with Crippen LogP contribution in [0.15, 0.2) is 48.5 Å². The highest BCUT2D eigenvalue weighted by atomic mass is 16.5. The first-order valence-corrected chi connectivity index (χ1v) is 10.8. The maximum Gasteiger partial charge on any atom is 0.264 e. The fraction of sp³-hybridized carbons (Fsp3) is 0.440. The summed E-state index contributed by atoms with van der Waals surface area (Å²) in [6, 6.07) is 17.4. The molecule has 0 aromatic heterocycles. The minimum atomic E-state index is -0.597. The third-order valence-corrected chi connectivity index (χ3v) is 5.67. The summed E-state index contributed by atoms with van der Waals surface area (Å²) in [6.07, 6.45) is 0.376. The van der Waals surface area contributed by atoms with Crippen LogP contribution in [0.25, 0.3) is 0 Å². The van der Waals surface area contributed by atoms with Crippen LogP contribution in [0.3, 0.4) is 0 Å². The third-order valence-electron chi connectivity index (χ3n) is 5.67. The molecule has 6 nitrogen and oxygen atoms in total. The van der Waals surface area contributed by atoms with E-state index in [1.165, 1.54) is 5.56 Å². The molecule has 0 saturated carbocycles. The van der Waals surface area contributed by atoms with E-state index >= 15 is 0 Å². The number of hydrogen-bond acceptors (Lipinski definition) is 5. The first-order chi connectivity index (χ1) is 15.0. The molecule has 1 aliphatic heterocycles. The molecule has 1 fully saturated rings. The summed E-state index contributed by atoms with van der Waals surface area (Å²) >= 11 is 0. The molecule has 0 spiro atoms. The van der Waals surface area contributed by atoms with Crippen molar-refractivity contribution >= 4 is 5.91 Å². The van der Waals surface area contributed by atoms with Gasteiger partial charge in [0.1, 0.15) is 17.6 Å². The van der Waals surface area contributed by atoms with Gasteiger partial charge in [-0.2, -0.15) is 5.26 Å². The smallest absolute Gasteiger partial charge is 0.264 e. The van der Waals surface area contributed by atoms with Crippen LogP contribution in [0.4, 0.5) is 0 Å². The molecule has 1 unspecified atom stereocenters. The number of methoxy groups -OCH3 is 1. The number of nitrogens with zero attached hydrogens (tertiary/aromatic N) is 3. The molecule has 3 rings (SSSR count). The van der Waals surface area contributed by atoms with Crippen LogP contribution in [-0.2, 0) is 11.2 Å². The normalized spacial score (nSPS) is 15.4. The maximum absolute atomic E-state index is 13.2. The molecule has 0 aliphatic carbocycles. The summed E-state index contributed by atoms with van der Waals surface area (Å²) in [4.78, 5) is 17.5. The molecule has 1 heterocycles. The minimum Gasteiger partial charge on any atom is -0.497 e. The van der Waals surface area contributed by atoms with Crippen molar-refractivity contribution in [3.8, 4) is 17.6 Å². The Bertz CT molecular complexity index is 897. The fourth-order valence-corrected chi connectivity index (χ4v) is 3.72. The van der Waals surface area contributed by atoms with E-state index in [1.54, 1.807) is 25.3 Å². The molecule has 0 radical (unpaired) electrons. The Morgan fingerprint density at radius 2 is 1.74 bits per heavy atom. The van der Waals surface area contributed by atoms with E-state index in [0.717, 1.165) is 31.8 Å². The molecule has 1 saturated heterocycles. The zero-order valence-corrected chi connectivity index (χ0v) is 18.6. The zero-order valence-electron chi connectivity index (χ0n) is 18.6. The van der Waals surface area contributed by atoms with Gasteiger partial charge >= 0.3 is 0 Å². The maximum atomic E-state index is 13.2. The van der Waals surface area contributed by atoms with Gasteiger partial charge < -0.3 is 14.4 Å². The van der Waals surface area contributed by atoms with Crippen molar-refractivity contribution in [2.24, 2.45) is 5.92 Å². The van der Waals surface area contributed by atoms with Crippen molar-refractivity contribution in [2.75, 3.05) is 39.8 Å². The number of para-hydroxylation sites is 1. The van der Waals surface area contributed by atoms with E-state index in [-0.39, 0.29) is 11.8 Å². The predicted octanol–water partition coefficient (Wildman–Crippen LogP) is 3.36. The Morgan fingerprint density at radius 3 is 2.35 bits per heavy atom. The van der Waals surface area contributed by atoms with Crippen molar-refractivity contribution in [2.45, 2.75) is 26.4 Å². The summed E-state index contributed by atoms with van der Waals surface area (Å²) in [5.74, 6) is 1.34. The summed E-state index contributed by atoms with van der Waals surface area (Å²) in [5.41, 5.74) is 1.73. The largest absolute Gasteiger partial charge is 0.497 e. The van der Waals surface area contributed by atoms with E-state index < -0.39 is 6.10 Å². The lowest BCUT2D eigenvalue weighted by Gasteiger charge is -2.37. The number of piperazine rings is 1. The van der Waals surface area contributed by atoms with Crippen molar-refractivity contribution in [1.82, 2.24) is 9.80 Å². The van der Waals surface area contributed by atoms with E-state index in [0.29, 0.717) is 24.4 Å². The molecule has 0 N–H and O–H groups in total. The van der Waals surface area contributed by atoms with Crippen LogP contribution in [0.2, 0.25) is 0 Å². The number of amides is 1. The summed E-state index contributed by atoms with van der Waals surface area (Å²) in [7, 11) is 1.67. The van der Waals surface area contributed by atoms with Crippen molar-refractivity contribution in [3.05, 3.63) is 59.7 Å². The molecular formula is C25H31N3O3. The number of rotatable bonds is 8. The van der Waals surface area contributed by atoms with Gasteiger partial charge in [0, 0.05) is 32.7 Å².